The third-order valence-corrected chi connectivity index (χ3v) is 4.23. The lowest BCUT2D eigenvalue weighted by atomic mass is 10.1. The van der Waals surface area contributed by atoms with Gasteiger partial charge in [-0.2, -0.15) is 0 Å². The number of amides is 1. The van der Waals surface area contributed by atoms with Gasteiger partial charge in [-0.1, -0.05) is 11.6 Å². The summed E-state index contributed by atoms with van der Waals surface area (Å²) in [6.45, 7) is 3.68. The molecule has 1 aliphatic heterocycles. The highest BCUT2D eigenvalue weighted by Crippen LogP contribution is 2.31. The van der Waals surface area contributed by atoms with E-state index in [0.29, 0.717) is 22.4 Å². The fraction of sp³-hybridized carbons (Fsp3) is 0.412. The minimum atomic E-state index is -0.383. The van der Waals surface area contributed by atoms with Crippen molar-refractivity contribution in [2.24, 2.45) is 0 Å². The molecule has 0 radical (unpaired) electrons. The molecule has 3 rings (SSSR count). The van der Waals surface area contributed by atoms with Gasteiger partial charge in [0, 0.05) is 25.0 Å². The number of oxazole rings is 1. The van der Waals surface area contributed by atoms with Gasteiger partial charge in [0.15, 0.2) is 5.89 Å². The smallest absolute Gasteiger partial charge is 0.293 e. The Morgan fingerprint density at radius 1 is 1.42 bits per heavy atom. The van der Waals surface area contributed by atoms with Crippen LogP contribution in [0.4, 0.5) is 5.69 Å². The van der Waals surface area contributed by atoms with Crippen LogP contribution in [-0.4, -0.2) is 42.0 Å². The number of halogens is 1. The Morgan fingerprint density at radius 3 is 2.83 bits per heavy atom. The Morgan fingerprint density at radius 2 is 2.17 bits per heavy atom. The molecule has 24 heavy (non-hydrogen) atoms. The number of likely N-dealkylation sites (tertiary alicyclic amines) is 1. The molecule has 0 bridgehead atoms. The molecule has 6 nitrogen and oxygen atoms in total. The Kier molecular flexibility index (Phi) is 5.06. The van der Waals surface area contributed by atoms with Crippen molar-refractivity contribution in [1.29, 1.82) is 0 Å². The molecule has 0 saturated carbocycles. The van der Waals surface area contributed by atoms with Gasteiger partial charge in [0.25, 0.3) is 5.91 Å². The van der Waals surface area contributed by atoms with E-state index in [-0.39, 0.29) is 17.8 Å². The van der Waals surface area contributed by atoms with Crippen LogP contribution in [0.25, 0.3) is 0 Å². The third-order valence-electron chi connectivity index (χ3n) is 3.99. The van der Waals surface area contributed by atoms with Gasteiger partial charge in [-0.25, -0.2) is 4.98 Å². The van der Waals surface area contributed by atoms with E-state index in [9.17, 15) is 4.79 Å². The van der Waals surface area contributed by atoms with Crippen LogP contribution < -0.4 is 10.1 Å². The number of carbonyl (C=O) groups excluding carboxylic acids is 1. The largest absolute Gasteiger partial charge is 0.488 e. The molecule has 1 amide bonds. The highest BCUT2D eigenvalue weighted by Gasteiger charge is 2.20. The van der Waals surface area contributed by atoms with Gasteiger partial charge < -0.3 is 19.4 Å². The van der Waals surface area contributed by atoms with Crippen molar-refractivity contribution in [3.05, 3.63) is 41.1 Å². The Labute approximate surface area is 145 Å². The molecule has 1 saturated heterocycles. The minimum absolute atomic E-state index is 0.130. The first kappa shape index (κ1) is 16.8. The lowest BCUT2D eigenvalue weighted by molar-refractivity contribution is 0.0991. The van der Waals surface area contributed by atoms with Crippen LogP contribution in [0.2, 0.25) is 5.02 Å². The normalized spacial score (nSPS) is 16.1. The highest BCUT2D eigenvalue weighted by atomic mass is 35.5. The molecule has 1 aromatic heterocycles. The van der Waals surface area contributed by atoms with Crippen LogP contribution in [-0.2, 0) is 0 Å². The van der Waals surface area contributed by atoms with Crippen LogP contribution in [0.15, 0.2) is 28.8 Å². The maximum Gasteiger partial charge on any atom is 0.293 e. The number of carbonyl (C=O) groups is 1. The van der Waals surface area contributed by atoms with E-state index in [4.69, 9.17) is 20.8 Å². The van der Waals surface area contributed by atoms with Crippen molar-refractivity contribution < 1.29 is 13.9 Å². The van der Waals surface area contributed by atoms with Crippen LogP contribution in [0.3, 0.4) is 0 Å². The zero-order valence-electron chi connectivity index (χ0n) is 13.7. The number of anilines is 1. The zero-order valence-corrected chi connectivity index (χ0v) is 14.5. The number of hydrogen-bond donors (Lipinski definition) is 1. The first-order valence-corrected chi connectivity index (χ1v) is 8.27. The summed E-state index contributed by atoms with van der Waals surface area (Å²) in [6, 6.07) is 5.20. The van der Waals surface area contributed by atoms with Crippen LogP contribution in [0, 0.1) is 6.92 Å². The molecule has 1 fully saturated rings. The second-order valence-corrected chi connectivity index (χ2v) is 6.40. The molecular weight excluding hydrogens is 330 g/mol. The molecule has 0 spiro atoms. The predicted molar refractivity (Wildman–Crippen MR) is 91.8 cm³/mol. The molecule has 1 N–H and O–H groups in total. The van der Waals surface area contributed by atoms with Crippen molar-refractivity contribution in [2.75, 3.05) is 25.5 Å². The van der Waals surface area contributed by atoms with Crippen molar-refractivity contribution in [1.82, 2.24) is 9.88 Å². The number of ether oxygens (including phenoxy) is 1. The summed E-state index contributed by atoms with van der Waals surface area (Å²) in [5, 5.41) is 3.31. The topological polar surface area (TPSA) is 67.6 Å². The van der Waals surface area contributed by atoms with Gasteiger partial charge in [0.1, 0.15) is 11.9 Å². The summed E-state index contributed by atoms with van der Waals surface area (Å²) in [4.78, 5) is 18.5. The van der Waals surface area contributed by atoms with Gasteiger partial charge in [-0.3, -0.25) is 4.79 Å². The van der Waals surface area contributed by atoms with Crippen LogP contribution in [0.5, 0.6) is 5.75 Å². The van der Waals surface area contributed by atoms with Gasteiger partial charge in [-0.05, 0) is 38.1 Å². The third kappa shape index (κ3) is 4.07. The Bertz CT molecular complexity index is 724. The number of benzene rings is 1. The SMILES string of the molecule is Cc1ncc(C(=O)Nc2cc(Cl)ccc2OC2CCN(C)CC2)o1. The second kappa shape index (κ2) is 7.23. The molecular formula is C17H20ClN3O3. The summed E-state index contributed by atoms with van der Waals surface area (Å²) in [5.41, 5.74) is 0.528. The van der Waals surface area contributed by atoms with Gasteiger partial charge in [-0.15, -0.1) is 0 Å². The number of hydrogen-bond acceptors (Lipinski definition) is 5. The van der Waals surface area contributed by atoms with Crippen molar-refractivity contribution in [3.63, 3.8) is 0 Å². The van der Waals surface area contributed by atoms with Crippen molar-refractivity contribution in [3.8, 4) is 5.75 Å². The summed E-state index contributed by atoms with van der Waals surface area (Å²) in [6.07, 6.45) is 3.43. The van der Waals surface area contributed by atoms with E-state index in [1.807, 2.05) is 0 Å². The van der Waals surface area contributed by atoms with E-state index >= 15 is 0 Å². The highest BCUT2D eigenvalue weighted by molar-refractivity contribution is 6.31. The molecule has 2 heterocycles. The molecule has 1 aromatic carbocycles. The first-order chi connectivity index (χ1) is 11.5. The maximum atomic E-state index is 12.3. The van der Waals surface area contributed by atoms with E-state index in [1.165, 1.54) is 6.20 Å². The fourth-order valence-electron chi connectivity index (χ4n) is 2.64. The monoisotopic (exact) mass is 349 g/mol. The second-order valence-electron chi connectivity index (χ2n) is 5.96. The predicted octanol–water partition coefficient (Wildman–Crippen LogP) is 3.36. The number of nitrogens with one attached hydrogen (secondary N) is 1. The average Bonchev–Trinajstić information content (AvgIpc) is 2.99. The minimum Gasteiger partial charge on any atom is -0.488 e. The summed E-state index contributed by atoms with van der Waals surface area (Å²) < 4.78 is 11.3. The first-order valence-electron chi connectivity index (χ1n) is 7.90. The summed E-state index contributed by atoms with van der Waals surface area (Å²) in [7, 11) is 2.10. The standard InChI is InChI=1S/C17H20ClN3O3/c1-11-19-10-16(23-11)17(22)20-14-9-12(18)3-4-15(14)24-13-5-7-21(2)8-6-13/h3-4,9-10,13H,5-8H2,1-2H3,(H,20,22). The lowest BCUT2D eigenvalue weighted by Crippen LogP contribution is -2.35. The van der Waals surface area contributed by atoms with E-state index < -0.39 is 0 Å². The van der Waals surface area contributed by atoms with Crippen molar-refractivity contribution in [2.45, 2.75) is 25.9 Å². The molecule has 7 heteroatoms. The number of piperidine rings is 1. The fourth-order valence-corrected chi connectivity index (χ4v) is 2.81. The van der Waals surface area contributed by atoms with Gasteiger partial charge in [0.05, 0.1) is 11.9 Å². The number of aryl methyl sites for hydroxylation is 1. The van der Waals surface area contributed by atoms with Crippen LogP contribution in [0.1, 0.15) is 29.3 Å². The lowest BCUT2D eigenvalue weighted by Gasteiger charge is -2.29. The van der Waals surface area contributed by atoms with E-state index in [0.717, 1.165) is 25.9 Å². The average molecular weight is 350 g/mol. The quantitative estimate of drug-likeness (QED) is 0.916. The Balaban J connectivity index is 1.74. The molecule has 0 aliphatic carbocycles. The number of nitrogens with zero attached hydrogens (tertiary/aromatic N) is 2. The van der Waals surface area contributed by atoms with E-state index in [1.54, 1.807) is 25.1 Å². The maximum absolute atomic E-state index is 12.3. The Hall–Kier alpha value is -2.05. The molecule has 128 valence electrons. The summed E-state index contributed by atoms with van der Waals surface area (Å²) in [5.74, 6) is 0.816. The van der Waals surface area contributed by atoms with Gasteiger partial charge >= 0.3 is 0 Å². The zero-order chi connectivity index (χ0) is 17.1. The number of rotatable bonds is 4. The number of aromatic nitrogens is 1. The molecule has 1 aliphatic rings. The van der Waals surface area contributed by atoms with Crippen LogP contribution >= 0.6 is 11.6 Å². The van der Waals surface area contributed by atoms with E-state index in [2.05, 4.69) is 22.2 Å². The molecule has 0 atom stereocenters. The van der Waals surface area contributed by atoms with Crippen molar-refractivity contribution >= 4 is 23.2 Å². The molecule has 2 aromatic rings. The summed E-state index contributed by atoms with van der Waals surface area (Å²) >= 11 is 6.06. The van der Waals surface area contributed by atoms with Gasteiger partial charge in [0.2, 0.25) is 5.76 Å². The molecule has 0 unspecified atom stereocenters.